The van der Waals surface area contributed by atoms with Crippen molar-refractivity contribution in [3.63, 3.8) is 0 Å². The Morgan fingerprint density at radius 1 is 1.00 bits per heavy atom. The van der Waals surface area contributed by atoms with E-state index in [2.05, 4.69) is 15.8 Å². The van der Waals surface area contributed by atoms with Crippen molar-refractivity contribution in [1.82, 2.24) is 5.43 Å². The fraction of sp³-hybridized carbons (Fsp3) is 0.318. The normalized spacial score (nSPS) is 15.1. The van der Waals surface area contributed by atoms with E-state index in [0.717, 1.165) is 36.9 Å². The van der Waals surface area contributed by atoms with Crippen molar-refractivity contribution in [2.75, 3.05) is 5.32 Å². The van der Waals surface area contributed by atoms with Gasteiger partial charge in [0.15, 0.2) is 0 Å². The van der Waals surface area contributed by atoms with Gasteiger partial charge in [0.05, 0.1) is 11.3 Å². The standard InChI is InChI=1S/C22H24FN3O2/c1-15(25-26-22(28)19-9-5-6-10-20(19)23)16-11-13-18(14-12-16)24-21(27)17-7-3-2-4-8-17/h5-6,9-14,17H,2-4,7-8H2,1H3,(H,24,27)(H,26,28)/b25-15-. The van der Waals surface area contributed by atoms with Crippen LogP contribution in [-0.2, 0) is 4.79 Å². The summed E-state index contributed by atoms with van der Waals surface area (Å²) in [5.41, 5.74) is 4.42. The van der Waals surface area contributed by atoms with Crippen LogP contribution in [0.4, 0.5) is 10.1 Å². The van der Waals surface area contributed by atoms with Crippen LogP contribution >= 0.6 is 0 Å². The highest BCUT2D eigenvalue weighted by molar-refractivity contribution is 6.01. The topological polar surface area (TPSA) is 70.6 Å². The number of rotatable bonds is 5. The average molecular weight is 381 g/mol. The van der Waals surface area contributed by atoms with E-state index in [1.165, 1.54) is 24.6 Å². The van der Waals surface area contributed by atoms with Gasteiger partial charge in [-0.1, -0.05) is 43.5 Å². The van der Waals surface area contributed by atoms with Crippen molar-refractivity contribution in [3.05, 3.63) is 65.5 Å². The molecule has 0 spiro atoms. The fourth-order valence-electron chi connectivity index (χ4n) is 3.31. The molecule has 2 amide bonds. The van der Waals surface area contributed by atoms with Crippen LogP contribution in [0.1, 0.15) is 54.9 Å². The van der Waals surface area contributed by atoms with E-state index in [1.54, 1.807) is 13.0 Å². The Morgan fingerprint density at radius 3 is 2.36 bits per heavy atom. The third kappa shape index (κ3) is 5.03. The van der Waals surface area contributed by atoms with Gasteiger partial charge in [0.2, 0.25) is 5.91 Å². The second kappa shape index (κ2) is 9.26. The van der Waals surface area contributed by atoms with Crippen LogP contribution in [-0.4, -0.2) is 17.5 Å². The van der Waals surface area contributed by atoms with Gasteiger partial charge >= 0.3 is 0 Å². The molecule has 0 radical (unpaired) electrons. The van der Waals surface area contributed by atoms with Crippen LogP contribution in [0.3, 0.4) is 0 Å². The number of halogens is 1. The predicted octanol–water partition coefficient (Wildman–Crippen LogP) is 4.50. The van der Waals surface area contributed by atoms with Crippen LogP contribution in [0.15, 0.2) is 53.6 Å². The first kappa shape index (κ1) is 19.7. The van der Waals surface area contributed by atoms with Crippen molar-refractivity contribution in [1.29, 1.82) is 0 Å². The van der Waals surface area contributed by atoms with Gasteiger partial charge in [-0.25, -0.2) is 9.82 Å². The fourth-order valence-corrected chi connectivity index (χ4v) is 3.31. The number of nitrogens with one attached hydrogen (secondary N) is 2. The third-order valence-electron chi connectivity index (χ3n) is 4.99. The lowest BCUT2D eigenvalue weighted by atomic mass is 9.88. The first-order chi connectivity index (χ1) is 13.5. The molecule has 1 fully saturated rings. The summed E-state index contributed by atoms with van der Waals surface area (Å²) in [6, 6.07) is 13.0. The Bertz CT molecular complexity index is 872. The molecule has 2 aromatic carbocycles. The number of amides is 2. The second-order valence-electron chi connectivity index (χ2n) is 7.02. The summed E-state index contributed by atoms with van der Waals surface area (Å²) in [6.07, 6.45) is 5.36. The summed E-state index contributed by atoms with van der Waals surface area (Å²) >= 11 is 0. The number of hydrogen-bond donors (Lipinski definition) is 2. The van der Waals surface area contributed by atoms with Gasteiger partial charge in [0.25, 0.3) is 5.91 Å². The molecule has 1 saturated carbocycles. The minimum Gasteiger partial charge on any atom is -0.326 e. The maximum absolute atomic E-state index is 13.6. The maximum atomic E-state index is 13.6. The number of anilines is 1. The first-order valence-corrected chi connectivity index (χ1v) is 9.55. The van der Waals surface area contributed by atoms with E-state index in [-0.39, 0.29) is 17.4 Å². The Labute approximate surface area is 164 Å². The number of hydrogen-bond acceptors (Lipinski definition) is 3. The molecule has 1 aliphatic rings. The molecule has 0 saturated heterocycles. The van der Waals surface area contributed by atoms with E-state index in [0.29, 0.717) is 5.71 Å². The van der Waals surface area contributed by atoms with E-state index in [1.807, 2.05) is 24.3 Å². The number of nitrogens with zero attached hydrogens (tertiary/aromatic N) is 1. The quantitative estimate of drug-likeness (QED) is 0.591. The lowest BCUT2D eigenvalue weighted by molar-refractivity contribution is -0.120. The second-order valence-corrected chi connectivity index (χ2v) is 7.02. The SMILES string of the molecule is C/C(=N/NC(=O)c1ccccc1F)c1ccc(NC(=O)C2CCCCC2)cc1. The largest absolute Gasteiger partial charge is 0.326 e. The molecule has 6 heteroatoms. The molecule has 28 heavy (non-hydrogen) atoms. The van der Waals surface area contributed by atoms with Gasteiger partial charge < -0.3 is 5.32 Å². The molecular weight excluding hydrogens is 357 g/mol. The summed E-state index contributed by atoms with van der Waals surface area (Å²) in [7, 11) is 0. The highest BCUT2D eigenvalue weighted by Gasteiger charge is 2.21. The number of hydrazone groups is 1. The molecule has 0 atom stereocenters. The molecule has 0 aromatic heterocycles. The molecule has 0 bridgehead atoms. The molecule has 1 aliphatic carbocycles. The molecule has 0 aliphatic heterocycles. The molecule has 146 valence electrons. The monoisotopic (exact) mass is 381 g/mol. The van der Waals surface area contributed by atoms with E-state index >= 15 is 0 Å². The average Bonchev–Trinajstić information content (AvgIpc) is 2.73. The molecule has 2 aromatic rings. The van der Waals surface area contributed by atoms with Gasteiger partial charge in [0, 0.05) is 11.6 Å². The highest BCUT2D eigenvalue weighted by Crippen LogP contribution is 2.25. The Morgan fingerprint density at radius 2 is 1.68 bits per heavy atom. The van der Waals surface area contributed by atoms with Gasteiger partial charge in [-0.3, -0.25) is 9.59 Å². The smallest absolute Gasteiger partial charge is 0.274 e. The van der Waals surface area contributed by atoms with E-state index in [4.69, 9.17) is 0 Å². The van der Waals surface area contributed by atoms with Crippen molar-refractivity contribution < 1.29 is 14.0 Å². The van der Waals surface area contributed by atoms with Crippen LogP contribution in [0.5, 0.6) is 0 Å². The van der Waals surface area contributed by atoms with Crippen molar-refractivity contribution >= 4 is 23.2 Å². The van der Waals surface area contributed by atoms with E-state index in [9.17, 15) is 14.0 Å². The predicted molar refractivity (Wildman–Crippen MR) is 108 cm³/mol. The Hall–Kier alpha value is -3.02. The lowest BCUT2D eigenvalue weighted by Gasteiger charge is -2.20. The summed E-state index contributed by atoms with van der Waals surface area (Å²) in [5, 5.41) is 7.00. The van der Waals surface area contributed by atoms with Gasteiger partial charge in [-0.15, -0.1) is 0 Å². The molecule has 0 heterocycles. The molecule has 3 rings (SSSR count). The Kier molecular flexibility index (Phi) is 6.53. The number of carbonyl (C=O) groups excluding carboxylic acids is 2. The van der Waals surface area contributed by atoms with Crippen molar-refractivity contribution in [2.45, 2.75) is 39.0 Å². The number of benzene rings is 2. The van der Waals surface area contributed by atoms with Gasteiger partial charge in [0.1, 0.15) is 5.82 Å². The zero-order valence-corrected chi connectivity index (χ0v) is 15.9. The third-order valence-corrected chi connectivity index (χ3v) is 4.99. The van der Waals surface area contributed by atoms with Crippen LogP contribution in [0.2, 0.25) is 0 Å². The molecule has 2 N–H and O–H groups in total. The highest BCUT2D eigenvalue weighted by atomic mass is 19.1. The van der Waals surface area contributed by atoms with Crippen LogP contribution < -0.4 is 10.7 Å². The summed E-state index contributed by atoms with van der Waals surface area (Å²) in [5.74, 6) is -1.01. The van der Waals surface area contributed by atoms with Gasteiger partial charge in [-0.05, 0) is 49.6 Å². The lowest BCUT2D eigenvalue weighted by Crippen LogP contribution is -2.24. The minimum absolute atomic E-state index is 0.0557. The molecular formula is C22H24FN3O2. The van der Waals surface area contributed by atoms with Crippen molar-refractivity contribution in [3.8, 4) is 0 Å². The molecule has 5 nitrogen and oxygen atoms in total. The first-order valence-electron chi connectivity index (χ1n) is 9.55. The van der Waals surface area contributed by atoms with Crippen LogP contribution in [0, 0.1) is 11.7 Å². The summed E-state index contributed by atoms with van der Waals surface area (Å²) in [4.78, 5) is 24.3. The van der Waals surface area contributed by atoms with Crippen LogP contribution in [0.25, 0.3) is 0 Å². The maximum Gasteiger partial charge on any atom is 0.274 e. The molecule has 0 unspecified atom stereocenters. The van der Waals surface area contributed by atoms with E-state index < -0.39 is 11.7 Å². The zero-order valence-electron chi connectivity index (χ0n) is 15.9. The zero-order chi connectivity index (χ0) is 19.9. The van der Waals surface area contributed by atoms with Crippen molar-refractivity contribution in [2.24, 2.45) is 11.0 Å². The summed E-state index contributed by atoms with van der Waals surface area (Å²) < 4.78 is 13.6. The summed E-state index contributed by atoms with van der Waals surface area (Å²) in [6.45, 7) is 1.75. The minimum atomic E-state index is -0.603. The Balaban J connectivity index is 1.59. The van der Waals surface area contributed by atoms with Gasteiger partial charge in [-0.2, -0.15) is 5.10 Å². The number of carbonyl (C=O) groups is 2.